The van der Waals surface area contributed by atoms with Crippen LogP contribution in [0.5, 0.6) is 0 Å². The van der Waals surface area contributed by atoms with Crippen molar-refractivity contribution in [2.75, 3.05) is 29.6 Å². The van der Waals surface area contributed by atoms with Gasteiger partial charge < -0.3 is 15.5 Å². The van der Waals surface area contributed by atoms with Gasteiger partial charge in [0.05, 0.1) is 0 Å². The fraction of sp³-hybridized carbons (Fsp3) is 0.263. The van der Waals surface area contributed by atoms with Crippen molar-refractivity contribution < 1.29 is 9.59 Å². The van der Waals surface area contributed by atoms with Gasteiger partial charge in [0.2, 0.25) is 5.91 Å². The van der Waals surface area contributed by atoms with Crippen molar-refractivity contribution >= 4 is 28.9 Å². The Hall–Kier alpha value is -2.82. The van der Waals surface area contributed by atoms with Crippen molar-refractivity contribution in [2.24, 2.45) is 0 Å². The van der Waals surface area contributed by atoms with Gasteiger partial charge in [-0.2, -0.15) is 0 Å². The summed E-state index contributed by atoms with van der Waals surface area (Å²) in [7, 11) is 3.95. The molecule has 0 unspecified atom stereocenters. The predicted molar refractivity (Wildman–Crippen MR) is 96.7 cm³/mol. The zero-order valence-corrected chi connectivity index (χ0v) is 13.9. The zero-order valence-electron chi connectivity index (χ0n) is 13.9. The number of nitrogens with zero attached hydrogens (tertiary/aromatic N) is 1. The standard InChI is InChI=1S/C19H21N3O2/c1-22(2)16-9-7-15(8-10-16)20-19(24)14-6-11-17-13(12-14)4-3-5-18(23)21-17/h6-12H,3-5H2,1-2H3,(H,20,24)(H,21,23). The van der Waals surface area contributed by atoms with E-state index in [0.717, 1.165) is 35.5 Å². The largest absolute Gasteiger partial charge is 0.378 e. The van der Waals surface area contributed by atoms with Crippen molar-refractivity contribution in [3.05, 3.63) is 53.6 Å². The summed E-state index contributed by atoms with van der Waals surface area (Å²) in [5.74, 6) is -0.113. The highest BCUT2D eigenvalue weighted by Gasteiger charge is 2.15. The van der Waals surface area contributed by atoms with Gasteiger partial charge in [0, 0.05) is 43.1 Å². The maximum atomic E-state index is 12.5. The fourth-order valence-electron chi connectivity index (χ4n) is 2.76. The van der Waals surface area contributed by atoms with E-state index in [1.165, 1.54) is 0 Å². The molecule has 2 N–H and O–H groups in total. The molecule has 0 spiro atoms. The highest BCUT2D eigenvalue weighted by atomic mass is 16.2. The van der Waals surface area contributed by atoms with E-state index < -0.39 is 0 Å². The summed E-state index contributed by atoms with van der Waals surface area (Å²) in [6.45, 7) is 0. The summed E-state index contributed by atoms with van der Waals surface area (Å²) in [5, 5.41) is 5.79. The summed E-state index contributed by atoms with van der Waals surface area (Å²) in [4.78, 5) is 26.1. The number of fused-ring (bicyclic) bond motifs is 1. The van der Waals surface area contributed by atoms with Crippen molar-refractivity contribution in [1.29, 1.82) is 0 Å². The third-order valence-electron chi connectivity index (χ3n) is 4.13. The van der Waals surface area contributed by atoms with Crippen LogP contribution >= 0.6 is 0 Å². The molecule has 24 heavy (non-hydrogen) atoms. The normalized spacial score (nSPS) is 13.5. The van der Waals surface area contributed by atoms with Crippen LogP contribution in [0.3, 0.4) is 0 Å². The molecule has 0 atom stereocenters. The van der Waals surface area contributed by atoms with E-state index in [1.807, 2.05) is 55.4 Å². The van der Waals surface area contributed by atoms with E-state index in [9.17, 15) is 9.59 Å². The van der Waals surface area contributed by atoms with Crippen LogP contribution < -0.4 is 15.5 Å². The molecule has 0 saturated carbocycles. The summed E-state index contributed by atoms with van der Waals surface area (Å²) in [5.41, 5.74) is 4.25. The first-order valence-electron chi connectivity index (χ1n) is 8.04. The van der Waals surface area contributed by atoms with Crippen LogP contribution in [0.2, 0.25) is 0 Å². The van der Waals surface area contributed by atoms with Gasteiger partial charge >= 0.3 is 0 Å². The van der Waals surface area contributed by atoms with E-state index in [1.54, 1.807) is 6.07 Å². The lowest BCUT2D eigenvalue weighted by Crippen LogP contribution is -2.14. The Kier molecular flexibility index (Phi) is 4.51. The van der Waals surface area contributed by atoms with Gasteiger partial charge in [0.25, 0.3) is 5.91 Å². The Morgan fingerprint density at radius 1 is 1.08 bits per heavy atom. The Morgan fingerprint density at radius 3 is 2.54 bits per heavy atom. The molecule has 0 fully saturated rings. The van der Waals surface area contributed by atoms with Crippen LogP contribution in [0.1, 0.15) is 28.8 Å². The van der Waals surface area contributed by atoms with Gasteiger partial charge in [0.1, 0.15) is 0 Å². The lowest BCUT2D eigenvalue weighted by Gasteiger charge is -2.13. The number of aryl methyl sites for hydroxylation is 1. The molecule has 3 rings (SSSR count). The topological polar surface area (TPSA) is 61.4 Å². The van der Waals surface area contributed by atoms with E-state index in [-0.39, 0.29) is 11.8 Å². The first-order valence-corrected chi connectivity index (χ1v) is 8.04. The number of rotatable bonds is 3. The molecule has 1 heterocycles. The van der Waals surface area contributed by atoms with Crippen LogP contribution in [0.25, 0.3) is 0 Å². The quantitative estimate of drug-likeness (QED) is 0.911. The fourth-order valence-corrected chi connectivity index (χ4v) is 2.76. The van der Waals surface area contributed by atoms with Crippen LogP contribution in [0, 0.1) is 0 Å². The zero-order chi connectivity index (χ0) is 17.1. The SMILES string of the molecule is CN(C)c1ccc(NC(=O)c2ccc3c(c2)CCCC(=O)N3)cc1. The van der Waals surface area contributed by atoms with Gasteiger partial charge in [-0.05, 0) is 60.9 Å². The molecule has 0 bridgehead atoms. The Balaban J connectivity index is 1.75. The summed E-state index contributed by atoms with van der Waals surface area (Å²) in [6, 6.07) is 13.1. The second kappa shape index (κ2) is 6.74. The Bertz CT molecular complexity index is 767. The number of anilines is 3. The van der Waals surface area contributed by atoms with Gasteiger partial charge in [-0.3, -0.25) is 9.59 Å². The molecular formula is C19H21N3O2. The minimum Gasteiger partial charge on any atom is -0.378 e. The molecule has 1 aliphatic heterocycles. The van der Waals surface area contributed by atoms with Crippen molar-refractivity contribution in [3.63, 3.8) is 0 Å². The summed E-state index contributed by atoms with van der Waals surface area (Å²) < 4.78 is 0. The second-order valence-electron chi connectivity index (χ2n) is 6.17. The van der Waals surface area contributed by atoms with Crippen LogP contribution in [0.15, 0.2) is 42.5 Å². The minimum atomic E-state index is -0.147. The van der Waals surface area contributed by atoms with Gasteiger partial charge in [-0.15, -0.1) is 0 Å². The van der Waals surface area contributed by atoms with Crippen molar-refractivity contribution in [3.8, 4) is 0 Å². The minimum absolute atomic E-state index is 0.0342. The number of carbonyl (C=O) groups excluding carboxylic acids is 2. The molecule has 0 aromatic heterocycles. The molecule has 5 nitrogen and oxygen atoms in total. The number of hydrogen-bond acceptors (Lipinski definition) is 3. The third-order valence-corrected chi connectivity index (χ3v) is 4.13. The smallest absolute Gasteiger partial charge is 0.255 e. The predicted octanol–water partition coefficient (Wildman–Crippen LogP) is 3.28. The van der Waals surface area contributed by atoms with Gasteiger partial charge in [0.15, 0.2) is 0 Å². The van der Waals surface area contributed by atoms with E-state index in [2.05, 4.69) is 10.6 Å². The van der Waals surface area contributed by atoms with Gasteiger partial charge in [-0.25, -0.2) is 0 Å². The maximum absolute atomic E-state index is 12.5. The summed E-state index contributed by atoms with van der Waals surface area (Å²) in [6.07, 6.45) is 2.12. The molecule has 0 saturated heterocycles. The van der Waals surface area contributed by atoms with E-state index >= 15 is 0 Å². The van der Waals surface area contributed by atoms with Crippen molar-refractivity contribution in [1.82, 2.24) is 0 Å². The molecule has 0 aliphatic carbocycles. The van der Waals surface area contributed by atoms with Crippen molar-refractivity contribution in [2.45, 2.75) is 19.3 Å². The highest BCUT2D eigenvalue weighted by Crippen LogP contribution is 2.24. The molecule has 2 aromatic carbocycles. The van der Waals surface area contributed by atoms with Crippen LogP contribution in [-0.2, 0) is 11.2 Å². The summed E-state index contributed by atoms with van der Waals surface area (Å²) >= 11 is 0. The Labute approximate surface area is 141 Å². The molecule has 5 heteroatoms. The van der Waals surface area contributed by atoms with E-state index in [4.69, 9.17) is 0 Å². The third kappa shape index (κ3) is 3.56. The number of hydrogen-bond donors (Lipinski definition) is 2. The first-order chi connectivity index (χ1) is 11.5. The second-order valence-corrected chi connectivity index (χ2v) is 6.17. The van der Waals surface area contributed by atoms with Crippen LogP contribution in [-0.4, -0.2) is 25.9 Å². The molecule has 1 aliphatic rings. The lowest BCUT2D eigenvalue weighted by atomic mass is 10.0. The molecule has 2 amide bonds. The number of carbonyl (C=O) groups is 2. The average molecular weight is 323 g/mol. The average Bonchev–Trinajstić information content (AvgIpc) is 2.75. The Morgan fingerprint density at radius 2 is 1.83 bits per heavy atom. The monoisotopic (exact) mass is 323 g/mol. The number of amides is 2. The maximum Gasteiger partial charge on any atom is 0.255 e. The molecular weight excluding hydrogens is 302 g/mol. The molecule has 0 radical (unpaired) electrons. The van der Waals surface area contributed by atoms with Crippen LogP contribution in [0.4, 0.5) is 17.1 Å². The lowest BCUT2D eigenvalue weighted by molar-refractivity contribution is -0.116. The highest BCUT2D eigenvalue weighted by molar-refractivity contribution is 6.05. The van der Waals surface area contributed by atoms with E-state index in [0.29, 0.717) is 12.0 Å². The molecule has 2 aromatic rings. The number of nitrogens with one attached hydrogen (secondary N) is 2. The molecule has 124 valence electrons. The number of benzene rings is 2. The first kappa shape index (κ1) is 16.1. The van der Waals surface area contributed by atoms with Gasteiger partial charge in [-0.1, -0.05) is 0 Å².